The summed E-state index contributed by atoms with van der Waals surface area (Å²) in [5.41, 5.74) is 7.05. The van der Waals surface area contributed by atoms with Crippen molar-refractivity contribution >= 4 is 11.5 Å². The molecule has 0 radical (unpaired) electrons. The zero-order valence-corrected chi connectivity index (χ0v) is 12.4. The molecule has 0 atom stereocenters. The lowest BCUT2D eigenvalue weighted by atomic mass is 9.99. The summed E-state index contributed by atoms with van der Waals surface area (Å²) in [6.45, 7) is 7.46. The smallest absolute Gasteiger partial charge is 0.256 e. The van der Waals surface area contributed by atoms with Crippen LogP contribution in [0.15, 0.2) is 24.3 Å². The molecule has 0 spiro atoms. The van der Waals surface area contributed by atoms with Gasteiger partial charge in [0.25, 0.3) is 5.69 Å². The van der Waals surface area contributed by atoms with Gasteiger partial charge in [0, 0.05) is 5.56 Å². The number of aromatic nitrogens is 1. The lowest BCUT2D eigenvalue weighted by molar-refractivity contribution is 0.201. The van der Waals surface area contributed by atoms with E-state index in [9.17, 15) is 5.26 Å². The van der Waals surface area contributed by atoms with Crippen molar-refractivity contribution in [2.45, 2.75) is 0 Å². The summed E-state index contributed by atoms with van der Waals surface area (Å²) in [7, 11) is 1.39. The molecule has 1 aromatic carbocycles. The largest absolute Gasteiger partial charge is 0.491 e. The van der Waals surface area contributed by atoms with Crippen LogP contribution in [0.4, 0.5) is 11.5 Å². The van der Waals surface area contributed by atoms with E-state index in [0.29, 0.717) is 16.9 Å². The summed E-state index contributed by atoms with van der Waals surface area (Å²) in [4.78, 5) is 7.38. The molecule has 3 N–H and O–H groups in total. The van der Waals surface area contributed by atoms with Gasteiger partial charge in [0.1, 0.15) is 24.2 Å². The Morgan fingerprint density at radius 3 is 2.61 bits per heavy atom. The molecule has 2 aromatic rings. The molecule has 7 nitrogen and oxygen atoms in total. The number of ether oxygens (including phenoxy) is 2. The normalized spacial score (nSPS) is 9.74. The molecule has 1 aromatic heterocycles. The fourth-order valence-electron chi connectivity index (χ4n) is 2.09. The van der Waals surface area contributed by atoms with E-state index in [2.05, 4.69) is 9.83 Å². The molecule has 116 valence electrons. The Balaban J connectivity index is 2.60. The fourth-order valence-corrected chi connectivity index (χ4v) is 2.09. The van der Waals surface area contributed by atoms with E-state index in [4.69, 9.17) is 26.9 Å². The Labute approximate surface area is 133 Å². The minimum absolute atomic E-state index is 0.00681. The summed E-state index contributed by atoms with van der Waals surface area (Å²) in [6, 6.07) is 8.76. The Bertz CT molecular complexity index is 789. The maximum atomic E-state index is 9.35. The zero-order chi connectivity index (χ0) is 16.8. The van der Waals surface area contributed by atoms with Crippen molar-refractivity contribution in [2.75, 3.05) is 26.1 Å². The van der Waals surface area contributed by atoms with Crippen molar-refractivity contribution in [1.82, 2.24) is 4.98 Å². The molecule has 0 bridgehead atoms. The van der Waals surface area contributed by atoms with Gasteiger partial charge in [-0.3, -0.25) is 0 Å². The van der Waals surface area contributed by atoms with Crippen molar-refractivity contribution < 1.29 is 14.6 Å². The SMILES string of the molecule is [C-]#[N+]c1c(OC)nc(N)c(C#N)c1-c1ccc(OCCO)cc1. The lowest BCUT2D eigenvalue weighted by Crippen LogP contribution is -2.02. The first-order chi connectivity index (χ1) is 11.2. The third-order valence-corrected chi connectivity index (χ3v) is 3.09. The third-order valence-electron chi connectivity index (χ3n) is 3.09. The number of benzene rings is 1. The van der Waals surface area contributed by atoms with Crippen LogP contribution < -0.4 is 15.2 Å². The Kier molecular flexibility index (Phi) is 4.98. The number of pyridine rings is 1. The van der Waals surface area contributed by atoms with Gasteiger partial charge in [0.2, 0.25) is 5.88 Å². The highest BCUT2D eigenvalue weighted by Crippen LogP contribution is 2.41. The summed E-state index contributed by atoms with van der Waals surface area (Å²) >= 11 is 0. The second-order valence-electron chi connectivity index (χ2n) is 4.42. The summed E-state index contributed by atoms with van der Waals surface area (Å²) in [5, 5.41) is 18.1. The van der Waals surface area contributed by atoms with Gasteiger partial charge >= 0.3 is 0 Å². The predicted molar refractivity (Wildman–Crippen MR) is 84.2 cm³/mol. The van der Waals surface area contributed by atoms with Crippen LogP contribution in [0.1, 0.15) is 5.56 Å². The van der Waals surface area contributed by atoms with Gasteiger partial charge in [0.15, 0.2) is 0 Å². The van der Waals surface area contributed by atoms with Crippen molar-refractivity contribution in [3.63, 3.8) is 0 Å². The molecule has 0 aliphatic carbocycles. The van der Waals surface area contributed by atoms with Gasteiger partial charge in [-0.25, -0.2) is 9.83 Å². The standard InChI is InChI=1S/C16H14N4O3/c1-19-14-13(12(9-17)15(18)20-16(14)22-2)10-3-5-11(6-4-10)23-8-7-21/h3-6,21H,7-8H2,2H3,(H2,18,20). The van der Waals surface area contributed by atoms with Crippen LogP contribution in [0.5, 0.6) is 11.6 Å². The molecule has 0 saturated heterocycles. The van der Waals surface area contributed by atoms with Gasteiger partial charge in [0.05, 0.1) is 25.9 Å². The van der Waals surface area contributed by atoms with E-state index in [1.807, 2.05) is 6.07 Å². The summed E-state index contributed by atoms with van der Waals surface area (Å²) in [6.07, 6.45) is 0. The number of nitriles is 1. The molecule has 2 rings (SSSR count). The van der Waals surface area contributed by atoms with Crippen LogP contribution in [-0.4, -0.2) is 30.4 Å². The quantitative estimate of drug-likeness (QED) is 0.819. The van der Waals surface area contributed by atoms with E-state index in [1.54, 1.807) is 24.3 Å². The van der Waals surface area contributed by atoms with Gasteiger partial charge in [-0.1, -0.05) is 12.1 Å². The van der Waals surface area contributed by atoms with Gasteiger partial charge in [-0.2, -0.15) is 5.26 Å². The van der Waals surface area contributed by atoms with E-state index >= 15 is 0 Å². The first-order valence-electron chi connectivity index (χ1n) is 6.65. The summed E-state index contributed by atoms with van der Waals surface area (Å²) in [5.74, 6) is 0.652. The highest BCUT2D eigenvalue weighted by atomic mass is 16.5. The van der Waals surface area contributed by atoms with E-state index in [0.717, 1.165) is 0 Å². The molecule has 0 unspecified atom stereocenters. The van der Waals surface area contributed by atoms with Crippen LogP contribution in [0.3, 0.4) is 0 Å². The zero-order valence-electron chi connectivity index (χ0n) is 12.4. The molecular weight excluding hydrogens is 296 g/mol. The number of hydrogen-bond acceptors (Lipinski definition) is 6. The average molecular weight is 310 g/mol. The monoisotopic (exact) mass is 310 g/mol. The average Bonchev–Trinajstić information content (AvgIpc) is 2.59. The molecule has 7 heteroatoms. The number of nitrogens with zero attached hydrogens (tertiary/aromatic N) is 3. The van der Waals surface area contributed by atoms with Crippen molar-refractivity contribution in [3.05, 3.63) is 41.2 Å². The minimum Gasteiger partial charge on any atom is -0.491 e. The van der Waals surface area contributed by atoms with Gasteiger partial charge in [-0.15, -0.1) is 0 Å². The molecule has 1 heterocycles. The predicted octanol–water partition coefficient (Wildman–Crippen LogP) is 2.13. The van der Waals surface area contributed by atoms with E-state index < -0.39 is 0 Å². The van der Waals surface area contributed by atoms with Crippen LogP contribution in [-0.2, 0) is 0 Å². The molecule has 0 aliphatic heterocycles. The van der Waals surface area contributed by atoms with Crippen molar-refractivity contribution in [1.29, 1.82) is 5.26 Å². The molecule has 23 heavy (non-hydrogen) atoms. The maximum Gasteiger partial charge on any atom is 0.256 e. The lowest BCUT2D eigenvalue weighted by Gasteiger charge is -2.13. The van der Waals surface area contributed by atoms with Gasteiger partial charge in [-0.05, 0) is 17.7 Å². The van der Waals surface area contributed by atoms with E-state index in [1.165, 1.54) is 7.11 Å². The second kappa shape index (κ2) is 7.12. The third kappa shape index (κ3) is 3.15. The Morgan fingerprint density at radius 1 is 1.39 bits per heavy atom. The summed E-state index contributed by atoms with van der Waals surface area (Å²) < 4.78 is 10.4. The topological polar surface area (TPSA) is 106 Å². The first kappa shape index (κ1) is 16.1. The van der Waals surface area contributed by atoms with E-state index in [-0.39, 0.29) is 36.2 Å². The highest BCUT2D eigenvalue weighted by Gasteiger charge is 2.20. The second-order valence-corrected chi connectivity index (χ2v) is 4.42. The van der Waals surface area contributed by atoms with Gasteiger partial charge < -0.3 is 20.3 Å². The number of aliphatic hydroxyl groups is 1. The van der Waals surface area contributed by atoms with Crippen molar-refractivity contribution in [3.8, 4) is 28.8 Å². The first-order valence-corrected chi connectivity index (χ1v) is 6.65. The fraction of sp³-hybridized carbons (Fsp3) is 0.188. The highest BCUT2D eigenvalue weighted by molar-refractivity contribution is 5.89. The number of methoxy groups -OCH3 is 1. The van der Waals surface area contributed by atoms with Crippen LogP contribution in [0, 0.1) is 17.9 Å². The minimum atomic E-state index is -0.0830. The molecule has 0 aliphatic rings. The molecular formula is C16H14N4O3. The number of aliphatic hydroxyl groups excluding tert-OH is 1. The van der Waals surface area contributed by atoms with Crippen LogP contribution in [0.25, 0.3) is 16.0 Å². The Morgan fingerprint density at radius 2 is 2.09 bits per heavy atom. The number of anilines is 1. The Hall–Kier alpha value is -3.29. The number of hydrogen-bond donors (Lipinski definition) is 2. The number of nitrogens with two attached hydrogens (primary N) is 1. The maximum absolute atomic E-state index is 9.35. The molecule has 0 amide bonds. The molecule has 0 saturated carbocycles. The number of nitrogen functional groups attached to an aromatic ring is 1. The molecule has 0 fully saturated rings. The van der Waals surface area contributed by atoms with Crippen LogP contribution in [0.2, 0.25) is 0 Å². The number of rotatable bonds is 5. The van der Waals surface area contributed by atoms with Crippen LogP contribution >= 0.6 is 0 Å². The van der Waals surface area contributed by atoms with Crippen molar-refractivity contribution in [2.24, 2.45) is 0 Å².